The summed E-state index contributed by atoms with van der Waals surface area (Å²) in [6.45, 7) is 0. The van der Waals surface area contributed by atoms with E-state index in [1.165, 1.54) is 21.8 Å². The Morgan fingerprint density at radius 3 is 1.45 bits per heavy atom. The van der Waals surface area contributed by atoms with Crippen LogP contribution in [0.1, 0.15) is 0 Å². The number of fused-ring (bicyclic) bond motifs is 8. The SMILES string of the molecule is c1ccc(-c2cccc3cccc(-c4nc(-c5cccc6ccccc56)nc(-n5c6ccccc6c6cc(-c7ccc8c(c7)c7ccccc7n8-c7ccccc7)ccc65)n4)c23)cc1. The van der Waals surface area contributed by atoms with Crippen LogP contribution in [0.5, 0.6) is 0 Å². The fourth-order valence-corrected chi connectivity index (χ4v) is 9.89. The quantitative estimate of drug-likeness (QED) is 0.168. The van der Waals surface area contributed by atoms with Gasteiger partial charge in [0.25, 0.3) is 0 Å². The van der Waals surface area contributed by atoms with Gasteiger partial charge in [-0.15, -0.1) is 0 Å². The van der Waals surface area contributed by atoms with Crippen LogP contribution in [0, 0.1) is 0 Å². The summed E-state index contributed by atoms with van der Waals surface area (Å²) in [6.07, 6.45) is 0. The Balaban J connectivity index is 1.04. The first-order valence-corrected chi connectivity index (χ1v) is 21.7. The summed E-state index contributed by atoms with van der Waals surface area (Å²) in [5.41, 5.74) is 12.1. The molecule has 298 valence electrons. The molecule has 10 aromatic carbocycles. The zero-order valence-corrected chi connectivity index (χ0v) is 34.6. The van der Waals surface area contributed by atoms with Crippen LogP contribution < -0.4 is 0 Å². The molecule has 3 aromatic heterocycles. The highest BCUT2D eigenvalue weighted by Gasteiger charge is 2.21. The normalized spacial score (nSPS) is 11.8. The van der Waals surface area contributed by atoms with Gasteiger partial charge in [-0.1, -0.05) is 176 Å². The van der Waals surface area contributed by atoms with Gasteiger partial charge in [0.2, 0.25) is 5.95 Å². The molecule has 0 fully saturated rings. The summed E-state index contributed by atoms with van der Waals surface area (Å²) in [4.78, 5) is 16.2. The van der Waals surface area contributed by atoms with Crippen LogP contribution in [0.4, 0.5) is 0 Å². The lowest BCUT2D eigenvalue weighted by atomic mass is 9.94. The first kappa shape index (κ1) is 36.0. The van der Waals surface area contributed by atoms with Crippen molar-refractivity contribution in [2.24, 2.45) is 0 Å². The van der Waals surface area contributed by atoms with Gasteiger partial charge in [-0.2, -0.15) is 9.97 Å². The highest BCUT2D eigenvalue weighted by Crippen LogP contribution is 2.40. The second-order valence-electron chi connectivity index (χ2n) is 16.4. The highest BCUT2D eigenvalue weighted by atomic mass is 15.2. The van der Waals surface area contributed by atoms with Crippen LogP contribution in [0.25, 0.3) is 122 Å². The fraction of sp³-hybridized carbons (Fsp3) is 0. The third-order valence-corrected chi connectivity index (χ3v) is 12.8. The number of hydrogen-bond acceptors (Lipinski definition) is 3. The van der Waals surface area contributed by atoms with Crippen molar-refractivity contribution in [1.82, 2.24) is 24.1 Å². The maximum atomic E-state index is 5.45. The van der Waals surface area contributed by atoms with Gasteiger partial charge in [-0.05, 0) is 86.9 Å². The van der Waals surface area contributed by atoms with Crippen LogP contribution in [0.15, 0.2) is 224 Å². The first-order chi connectivity index (χ1) is 31.7. The predicted octanol–water partition coefficient (Wildman–Crippen LogP) is 15.0. The predicted molar refractivity (Wildman–Crippen MR) is 265 cm³/mol. The minimum absolute atomic E-state index is 0.566. The number of benzene rings is 10. The van der Waals surface area contributed by atoms with Crippen molar-refractivity contribution in [2.45, 2.75) is 0 Å². The molecule has 64 heavy (non-hydrogen) atoms. The maximum Gasteiger partial charge on any atom is 0.238 e. The van der Waals surface area contributed by atoms with Crippen molar-refractivity contribution < 1.29 is 0 Å². The van der Waals surface area contributed by atoms with E-state index in [1.54, 1.807) is 0 Å². The summed E-state index contributed by atoms with van der Waals surface area (Å²) in [7, 11) is 0. The average molecular weight is 816 g/mol. The Bertz CT molecular complexity index is 3950. The van der Waals surface area contributed by atoms with Gasteiger partial charge in [0, 0.05) is 43.7 Å². The van der Waals surface area contributed by atoms with Crippen molar-refractivity contribution >= 4 is 65.2 Å². The lowest BCUT2D eigenvalue weighted by Gasteiger charge is -2.15. The molecule has 5 heteroatoms. The fourth-order valence-electron chi connectivity index (χ4n) is 9.89. The number of aromatic nitrogens is 5. The molecule has 5 nitrogen and oxygen atoms in total. The summed E-state index contributed by atoms with van der Waals surface area (Å²) in [5, 5.41) is 9.17. The van der Waals surface area contributed by atoms with Gasteiger partial charge >= 0.3 is 0 Å². The number of para-hydroxylation sites is 3. The smallest absolute Gasteiger partial charge is 0.238 e. The molecule has 0 aliphatic carbocycles. The van der Waals surface area contributed by atoms with Gasteiger partial charge in [0.15, 0.2) is 11.6 Å². The molecule has 0 aliphatic heterocycles. The first-order valence-electron chi connectivity index (χ1n) is 21.7. The lowest BCUT2D eigenvalue weighted by Crippen LogP contribution is -2.07. The number of rotatable bonds is 6. The van der Waals surface area contributed by atoms with Gasteiger partial charge in [0.05, 0.1) is 22.1 Å². The molecule has 0 spiro atoms. The Kier molecular flexibility index (Phi) is 8.15. The largest absolute Gasteiger partial charge is 0.309 e. The van der Waals surface area contributed by atoms with E-state index in [2.05, 4.69) is 234 Å². The van der Waals surface area contributed by atoms with Crippen LogP contribution in [-0.2, 0) is 0 Å². The second kappa shape index (κ2) is 14.5. The molecule has 0 amide bonds. The molecule has 0 N–H and O–H groups in total. The van der Waals surface area contributed by atoms with Crippen molar-refractivity contribution in [3.8, 4) is 56.7 Å². The van der Waals surface area contributed by atoms with E-state index in [9.17, 15) is 0 Å². The molecule has 0 saturated heterocycles. The van der Waals surface area contributed by atoms with Crippen molar-refractivity contribution in [2.75, 3.05) is 0 Å². The van der Waals surface area contributed by atoms with E-state index in [0.29, 0.717) is 17.6 Å². The minimum Gasteiger partial charge on any atom is -0.309 e. The third-order valence-electron chi connectivity index (χ3n) is 12.8. The maximum absolute atomic E-state index is 5.45. The Labute approximate surface area is 368 Å². The molecule has 0 bridgehead atoms. The van der Waals surface area contributed by atoms with Crippen molar-refractivity contribution in [3.63, 3.8) is 0 Å². The molecule has 0 radical (unpaired) electrons. The number of hydrogen-bond donors (Lipinski definition) is 0. The second-order valence-corrected chi connectivity index (χ2v) is 16.4. The highest BCUT2D eigenvalue weighted by molar-refractivity contribution is 6.13. The molecule has 13 aromatic rings. The Morgan fingerprint density at radius 1 is 0.281 bits per heavy atom. The standard InChI is InChI=1S/C59H37N5/c1-3-16-39(17-4-1)45-27-14-20-40-21-15-29-49(56(40)45)58-60-57(48-28-13-19-38-18-7-8-24-44(38)48)61-59(62-58)64-53-31-12-10-26-47(53)51-37-42(33-35-55(51)64)41-32-34-54-50(36-41)46-25-9-11-30-52(46)63(54)43-22-5-2-6-23-43/h1-37H. The molecule has 0 aliphatic rings. The molecule has 3 heterocycles. The summed E-state index contributed by atoms with van der Waals surface area (Å²) >= 11 is 0. The van der Waals surface area contributed by atoms with Crippen molar-refractivity contribution in [3.05, 3.63) is 224 Å². The van der Waals surface area contributed by atoms with Crippen LogP contribution in [0.3, 0.4) is 0 Å². The monoisotopic (exact) mass is 815 g/mol. The zero-order valence-electron chi connectivity index (χ0n) is 34.6. The topological polar surface area (TPSA) is 48.5 Å². The third kappa shape index (κ3) is 5.68. The molecule has 0 atom stereocenters. The van der Waals surface area contributed by atoms with Crippen LogP contribution in [0.2, 0.25) is 0 Å². The lowest BCUT2D eigenvalue weighted by molar-refractivity contribution is 0.955. The van der Waals surface area contributed by atoms with E-state index in [-0.39, 0.29) is 0 Å². The summed E-state index contributed by atoms with van der Waals surface area (Å²) < 4.78 is 4.58. The van der Waals surface area contributed by atoms with Gasteiger partial charge in [0.1, 0.15) is 0 Å². The molecular weight excluding hydrogens is 779 g/mol. The Hall–Kier alpha value is -8.67. The van der Waals surface area contributed by atoms with E-state index in [0.717, 1.165) is 82.4 Å². The van der Waals surface area contributed by atoms with Gasteiger partial charge in [-0.3, -0.25) is 4.57 Å². The number of nitrogens with zero attached hydrogens (tertiary/aromatic N) is 5. The van der Waals surface area contributed by atoms with Crippen LogP contribution >= 0.6 is 0 Å². The molecule has 0 unspecified atom stereocenters. The summed E-state index contributed by atoms with van der Waals surface area (Å²) in [5.74, 6) is 1.81. The van der Waals surface area contributed by atoms with E-state index in [4.69, 9.17) is 15.0 Å². The van der Waals surface area contributed by atoms with E-state index >= 15 is 0 Å². The zero-order chi connectivity index (χ0) is 42.1. The molecule has 13 rings (SSSR count). The minimum atomic E-state index is 0.566. The molecular formula is C59H37N5. The van der Waals surface area contributed by atoms with E-state index in [1.807, 2.05) is 0 Å². The summed E-state index contributed by atoms with van der Waals surface area (Å²) in [6, 6.07) is 79.8. The van der Waals surface area contributed by atoms with Crippen molar-refractivity contribution in [1.29, 1.82) is 0 Å². The van der Waals surface area contributed by atoms with Gasteiger partial charge < -0.3 is 4.57 Å². The Morgan fingerprint density at radius 2 is 0.766 bits per heavy atom. The van der Waals surface area contributed by atoms with Gasteiger partial charge in [-0.25, -0.2) is 4.98 Å². The van der Waals surface area contributed by atoms with Crippen LogP contribution in [-0.4, -0.2) is 24.1 Å². The molecule has 0 saturated carbocycles. The van der Waals surface area contributed by atoms with E-state index < -0.39 is 0 Å². The average Bonchev–Trinajstić information content (AvgIpc) is 3.88.